The first-order valence-electron chi connectivity index (χ1n) is 7.29. The van der Waals surface area contributed by atoms with Crippen molar-refractivity contribution in [2.75, 3.05) is 13.1 Å². The molecule has 1 aliphatic heterocycles. The minimum Gasteiger partial charge on any atom is -0.336 e. The van der Waals surface area contributed by atoms with E-state index in [-0.39, 0.29) is 11.9 Å². The van der Waals surface area contributed by atoms with E-state index < -0.39 is 0 Å². The molecule has 0 saturated carbocycles. The van der Waals surface area contributed by atoms with E-state index in [1.165, 1.54) is 11.3 Å². The molecule has 0 spiro atoms. The number of rotatable bonds is 2. The van der Waals surface area contributed by atoms with Crippen LogP contribution in [0.1, 0.15) is 45.8 Å². The number of carbonyl (C=O) groups is 1. The van der Waals surface area contributed by atoms with Crippen molar-refractivity contribution in [3.63, 3.8) is 0 Å². The first kappa shape index (κ1) is 14.3. The fraction of sp³-hybridized carbons (Fsp3) is 0.533. The fourth-order valence-corrected chi connectivity index (χ4v) is 3.85. The van der Waals surface area contributed by atoms with Crippen LogP contribution in [0, 0.1) is 20.8 Å². The molecule has 0 N–H and O–H groups in total. The Balaban J connectivity index is 1.79. The smallest absolute Gasteiger partial charge is 0.264 e. The van der Waals surface area contributed by atoms with Gasteiger partial charge in [-0.1, -0.05) is 0 Å². The zero-order valence-electron chi connectivity index (χ0n) is 12.7. The molecule has 0 radical (unpaired) electrons. The Kier molecular flexibility index (Phi) is 3.80. The summed E-state index contributed by atoms with van der Waals surface area (Å²) >= 11 is 1.53. The van der Waals surface area contributed by atoms with Crippen molar-refractivity contribution in [3.8, 4) is 0 Å². The number of hydrogen-bond acceptors (Lipinski definition) is 4. The quantitative estimate of drug-likeness (QED) is 0.857. The van der Waals surface area contributed by atoms with Gasteiger partial charge < -0.3 is 4.90 Å². The maximum atomic E-state index is 12.6. The summed E-state index contributed by atoms with van der Waals surface area (Å²) in [6, 6.07) is 2.24. The van der Waals surface area contributed by atoms with E-state index in [0.29, 0.717) is 0 Å². The molecule has 0 aromatic carbocycles. The summed E-state index contributed by atoms with van der Waals surface area (Å²) in [6.07, 6.45) is 2.07. The molecule has 1 saturated heterocycles. The topological polar surface area (TPSA) is 51.0 Å². The van der Waals surface area contributed by atoms with Gasteiger partial charge >= 0.3 is 0 Å². The van der Waals surface area contributed by atoms with Crippen LogP contribution in [-0.2, 0) is 0 Å². The maximum absolute atomic E-state index is 12.6. The number of amides is 1. The van der Waals surface area contributed by atoms with Crippen molar-refractivity contribution >= 4 is 17.2 Å². The Morgan fingerprint density at radius 3 is 2.81 bits per heavy atom. The number of piperidine rings is 1. The van der Waals surface area contributed by atoms with Gasteiger partial charge in [-0.3, -0.25) is 4.79 Å². The molecule has 2 aromatic rings. The van der Waals surface area contributed by atoms with E-state index in [4.69, 9.17) is 0 Å². The average molecular weight is 304 g/mol. The summed E-state index contributed by atoms with van der Waals surface area (Å²) in [5, 5.41) is 6.46. The molecule has 6 heteroatoms. The van der Waals surface area contributed by atoms with Gasteiger partial charge in [-0.05, 0) is 50.6 Å². The second-order valence-electron chi connectivity index (χ2n) is 5.63. The first-order valence-corrected chi connectivity index (χ1v) is 8.17. The predicted molar refractivity (Wildman–Crippen MR) is 82.7 cm³/mol. The summed E-state index contributed by atoms with van der Waals surface area (Å²) < 4.78 is 1.98. The second-order valence-corrected chi connectivity index (χ2v) is 6.55. The molecule has 2 aromatic heterocycles. The number of likely N-dealkylation sites (tertiary alicyclic amines) is 1. The minimum atomic E-state index is 0.154. The third-order valence-electron chi connectivity index (χ3n) is 3.99. The lowest BCUT2D eigenvalue weighted by atomic mass is 10.1. The van der Waals surface area contributed by atoms with Gasteiger partial charge in [0.15, 0.2) is 0 Å². The molecule has 5 nitrogen and oxygen atoms in total. The molecule has 1 atom stereocenters. The van der Waals surface area contributed by atoms with Gasteiger partial charge in [0, 0.05) is 13.1 Å². The van der Waals surface area contributed by atoms with E-state index >= 15 is 0 Å². The van der Waals surface area contributed by atoms with E-state index in [2.05, 4.69) is 10.1 Å². The molecular weight excluding hydrogens is 284 g/mol. The monoisotopic (exact) mass is 304 g/mol. The number of thiophene rings is 1. The number of nitrogens with zero attached hydrogens (tertiary/aromatic N) is 4. The van der Waals surface area contributed by atoms with Crippen molar-refractivity contribution in [2.24, 2.45) is 0 Å². The normalized spacial score (nSPS) is 19.0. The second kappa shape index (κ2) is 5.60. The molecule has 0 unspecified atom stereocenters. The molecule has 1 fully saturated rings. The summed E-state index contributed by atoms with van der Waals surface area (Å²) in [5.41, 5.74) is 1.07. The van der Waals surface area contributed by atoms with Crippen LogP contribution in [0.15, 0.2) is 11.4 Å². The molecule has 1 amide bonds. The molecular formula is C15H20N4OS. The Morgan fingerprint density at radius 2 is 2.19 bits per heavy atom. The van der Waals surface area contributed by atoms with Gasteiger partial charge in [0.2, 0.25) is 0 Å². The van der Waals surface area contributed by atoms with Crippen LogP contribution >= 0.6 is 11.3 Å². The minimum absolute atomic E-state index is 0.154. The van der Waals surface area contributed by atoms with Gasteiger partial charge in [-0.15, -0.1) is 11.3 Å². The van der Waals surface area contributed by atoms with E-state index in [9.17, 15) is 4.79 Å². The molecule has 112 valence electrons. The van der Waals surface area contributed by atoms with Gasteiger partial charge in [-0.2, -0.15) is 5.10 Å². The summed E-state index contributed by atoms with van der Waals surface area (Å²) in [5.74, 6) is 1.88. The Hall–Kier alpha value is -1.69. The molecule has 3 rings (SSSR count). The first-order chi connectivity index (χ1) is 10.1. The molecule has 21 heavy (non-hydrogen) atoms. The highest BCUT2D eigenvalue weighted by molar-refractivity contribution is 7.12. The van der Waals surface area contributed by atoms with E-state index in [0.717, 1.165) is 48.0 Å². The van der Waals surface area contributed by atoms with Gasteiger partial charge in [-0.25, -0.2) is 9.67 Å². The molecule has 3 heterocycles. The molecule has 0 bridgehead atoms. The van der Waals surface area contributed by atoms with Gasteiger partial charge in [0.25, 0.3) is 5.91 Å². The van der Waals surface area contributed by atoms with Crippen molar-refractivity contribution < 1.29 is 4.79 Å². The maximum Gasteiger partial charge on any atom is 0.264 e. The molecule has 0 aliphatic carbocycles. The van der Waals surface area contributed by atoms with Crippen LogP contribution in [0.5, 0.6) is 0 Å². The van der Waals surface area contributed by atoms with Crippen LogP contribution < -0.4 is 0 Å². The third kappa shape index (κ3) is 2.72. The summed E-state index contributed by atoms with van der Waals surface area (Å²) in [6.45, 7) is 7.43. The number of hydrogen-bond donors (Lipinski definition) is 0. The standard InChI is InChI=1S/C15H20N4OS/c1-10-6-8-21-14(10)15(20)18-7-4-5-13(9-18)19-12(3)16-11(2)17-19/h6,8,13H,4-5,7,9H2,1-3H3/t13-/m0/s1. The number of carbonyl (C=O) groups excluding carboxylic acids is 1. The number of aryl methyl sites for hydroxylation is 3. The largest absolute Gasteiger partial charge is 0.336 e. The Morgan fingerprint density at radius 1 is 1.38 bits per heavy atom. The zero-order valence-corrected chi connectivity index (χ0v) is 13.5. The highest BCUT2D eigenvalue weighted by atomic mass is 32.1. The third-order valence-corrected chi connectivity index (χ3v) is 5.00. The lowest BCUT2D eigenvalue weighted by molar-refractivity contribution is 0.0675. The van der Waals surface area contributed by atoms with Crippen LogP contribution in [0.25, 0.3) is 0 Å². The van der Waals surface area contributed by atoms with Crippen molar-refractivity contribution in [1.82, 2.24) is 19.7 Å². The summed E-state index contributed by atoms with van der Waals surface area (Å²) in [4.78, 5) is 19.8. The van der Waals surface area contributed by atoms with Crippen molar-refractivity contribution in [1.29, 1.82) is 0 Å². The van der Waals surface area contributed by atoms with E-state index in [1.54, 1.807) is 0 Å². The Bertz CT molecular complexity index is 660. The summed E-state index contributed by atoms with van der Waals surface area (Å²) in [7, 11) is 0. The van der Waals surface area contributed by atoms with Crippen LogP contribution in [0.2, 0.25) is 0 Å². The highest BCUT2D eigenvalue weighted by Crippen LogP contribution is 2.25. The Labute approximate surface area is 128 Å². The lowest BCUT2D eigenvalue weighted by Gasteiger charge is -2.33. The lowest BCUT2D eigenvalue weighted by Crippen LogP contribution is -2.41. The van der Waals surface area contributed by atoms with Crippen LogP contribution in [0.3, 0.4) is 0 Å². The van der Waals surface area contributed by atoms with Crippen LogP contribution in [-0.4, -0.2) is 38.7 Å². The zero-order chi connectivity index (χ0) is 15.0. The fourth-order valence-electron chi connectivity index (χ4n) is 2.96. The van der Waals surface area contributed by atoms with E-state index in [1.807, 2.05) is 41.8 Å². The van der Waals surface area contributed by atoms with Gasteiger partial charge in [0.1, 0.15) is 11.6 Å². The highest BCUT2D eigenvalue weighted by Gasteiger charge is 2.28. The number of aromatic nitrogens is 3. The average Bonchev–Trinajstić information content (AvgIpc) is 3.03. The van der Waals surface area contributed by atoms with Crippen molar-refractivity contribution in [2.45, 2.75) is 39.7 Å². The SMILES string of the molecule is Cc1nc(C)n([C@H]2CCCN(C(=O)c3sccc3C)C2)n1. The predicted octanol–water partition coefficient (Wildman–Crippen LogP) is 2.74. The van der Waals surface area contributed by atoms with Crippen molar-refractivity contribution in [3.05, 3.63) is 33.5 Å². The molecule has 1 aliphatic rings. The van der Waals surface area contributed by atoms with Crippen LogP contribution in [0.4, 0.5) is 0 Å². The van der Waals surface area contributed by atoms with Gasteiger partial charge in [0.05, 0.1) is 10.9 Å².